The van der Waals surface area contributed by atoms with Gasteiger partial charge in [0.05, 0.1) is 6.61 Å². The minimum absolute atomic E-state index is 0.0856. The number of ether oxygens (including phenoxy) is 2. The summed E-state index contributed by atoms with van der Waals surface area (Å²) < 4.78 is 143. The minimum Gasteiger partial charge on any atom is -0.491 e. The Bertz CT molecular complexity index is 1470. The maximum Gasteiger partial charge on any atom is 0.573 e. The highest BCUT2D eigenvalue weighted by Gasteiger charge is 2.55. The molecule has 0 saturated carbocycles. The van der Waals surface area contributed by atoms with Crippen LogP contribution >= 0.6 is 0 Å². The van der Waals surface area contributed by atoms with Gasteiger partial charge in [-0.3, -0.25) is 19.5 Å². The average molecular weight is 596 g/mol. The van der Waals surface area contributed by atoms with Crippen molar-refractivity contribution in [3.63, 3.8) is 0 Å². The highest BCUT2D eigenvalue weighted by atomic mass is 19.4. The largest absolute Gasteiger partial charge is 0.573 e. The van der Waals surface area contributed by atoms with Crippen molar-refractivity contribution in [2.24, 2.45) is 0 Å². The van der Waals surface area contributed by atoms with Crippen LogP contribution < -0.4 is 14.4 Å². The van der Waals surface area contributed by atoms with Crippen LogP contribution in [0.3, 0.4) is 0 Å². The van der Waals surface area contributed by atoms with Crippen LogP contribution in [0.5, 0.6) is 11.5 Å². The van der Waals surface area contributed by atoms with Crippen molar-refractivity contribution in [2.45, 2.75) is 30.7 Å². The summed E-state index contributed by atoms with van der Waals surface area (Å²) in [7, 11) is 0. The Hall–Kier alpha value is -4.37. The molecule has 0 radical (unpaired) electrons. The van der Waals surface area contributed by atoms with E-state index >= 15 is 0 Å². The average Bonchev–Trinajstić information content (AvgIpc) is 2.88. The second-order valence-electron chi connectivity index (χ2n) is 8.51. The lowest BCUT2D eigenvalue weighted by molar-refractivity contribution is -0.275. The first kappa shape index (κ1) is 29.6. The van der Waals surface area contributed by atoms with Gasteiger partial charge in [-0.2, -0.15) is 26.3 Å². The summed E-state index contributed by atoms with van der Waals surface area (Å²) in [5.74, 6) is -8.05. The van der Waals surface area contributed by atoms with Gasteiger partial charge in [0.2, 0.25) is 0 Å². The zero-order valence-corrected chi connectivity index (χ0v) is 20.0. The Balaban J connectivity index is 2.00. The number of benzene rings is 2. The van der Waals surface area contributed by atoms with Crippen LogP contribution in [-0.4, -0.2) is 42.0 Å². The molecule has 0 fully saturated rings. The van der Waals surface area contributed by atoms with Crippen molar-refractivity contribution in [3.05, 3.63) is 83.4 Å². The van der Waals surface area contributed by atoms with Crippen LogP contribution in [0.25, 0.3) is 0 Å². The van der Waals surface area contributed by atoms with E-state index in [1.807, 2.05) is 0 Å². The third-order valence-corrected chi connectivity index (χ3v) is 5.99. The molecule has 16 heteroatoms. The topological polar surface area (TPSA) is 68.7 Å². The molecule has 0 bridgehead atoms. The number of ketones is 1. The molecule has 0 spiro atoms. The van der Waals surface area contributed by atoms with Crippen molar-refractivity contribution in [1.82, 2.24) is 4.98 Å². The van der Waals surface area contributed by atoms with E-state index in [1.165, 1.54) is 12.1 Å². The highest BCUT2D eigenvalue weighted by Crippen LogP contribution is 2.49. The van der Waals surface area contributed by atoms with E-state index in [4.69, 9.17) is 4.74 Å². The van der Waals surface area contributed by atoms with Gasteiger partial charge in [0.15, 0.2) is 11.6 Å². The summed E-state index contributed by atoms with van der Waals surface area (Å²) >= 11 is 0. The van der Waals surface area contributed by atoms with Gasteiger partial charge in [0.1, 0.15) is 17.0 Å². The van der Waals surface area contributed by atoms with Crippen molar-refractivity contribution in [3.8, 4) is 11.5 Å². The number of hydrogen-bond acceptors (Lipinski definition) is 5. The molecular formula is C25H14F10N2O4. The lowest BCUT2D eigenvalue weighted by Gasteiger charge is -2.46. The van der Waals surface area contributed by atoms with Crippen molar-refractivity contribution in [1.29, 1.82) is 0 Å². The summed E-state index contributed by atoms with van der Waals surface area (Å²) in [6.07, 6.45) is -15.7. The number of anilines is 1. The highest BCUT2D eigenvalue weighted by molar-refractivity contribution is 6.02. The maximum absolute atomic E-state index is 14.9. The van der Waals surface area contributed by atoms with E-state index in [1.54, 1.807) is 0 Å². The Morgan fingerprint density at radius 2 is 1.56 bits per heavy atom. The molecule has 1 aliphatic rings. The fourth-order valence-corrected chi connectivity index (χ4v) is 4.40. The SMILES string of the molecule is O=C(c1ccc(N(C(=O)C(F)(F)F)C2(c3ccc(OC(F)(F)F)c(F)c3)CCOc3cccnc32)cc1)C(F)(F)F. The van der Waals surface area contributed by atoms with Gasteiger partial charge >= 0.3 is 24.6 Å². The standard InChI is InChI=1S/C25H14F10N2O4/c26-16-12-14(5-8-17(16)41-25(33,34)35)22(9-11-40-18-2-1-10-36-19(18)22)37(21(39)24(30,31)32)15-6-3-13(4-7-15)20(38)23(27,28)29/h1-8,10,12H,9,11H2. The predicted octanol–water partition coefficient (Wildman–Crippen LogP) is 6.49. The van der Waals surface area contributed by atoms with E-state index in [9.17, 15) is 53.5 Å². The number of amides is 1. The van der Waals surface area contributed by atoms with E-state index in [0.717, 1.165) is 12.3 Å². The van der Waals surface area contributed by atoms with Gasteiger partial charge in [-0.15, -0.1) is 13.2 Å². The molecule has 3 aromatic rings. The number of nitrogens with zero attached hydrogens (tertiary/aromatic N) is 2. The molecule has 1 atom stereocenters. The van der Waals surface area contributed by atoms with E-state index in [0.29, 0.717) is 36.4 Å². The fraction of sp³-hybridized carbons (Fsp3) is 0.240. The summed E-state index contributed by atoms with van der Waals surface area (Å²) in [6.45, 7) is -0.409. The first-order chi connectivity index (χ1) is 18.9. The van der Waals surface area contributed by atoms with E-state index < -0.39 is 77.4 Å². The van der Waals surface area contributed by atoms with Crippen LogP contribution in [0.15, 0.2) is 60.8 Å². The number of alkyl halides is 9. The van der Waals surface area contributed by atoms with Crippen LogP contribution in [0.4, 0.5) is 49.6 Å². The molecule has 2 aromatic carbocycles. The minimum atomic E-state index is -5.63. The zero-order chi connectivity index (χ0) is 30.4. The van der Waals surface area contributed by atoms with Gasteiger partial charge in [0, 0.05) is 23.9 Å². The number of aromatic nitrogens is 1. The molecule has 4 rings (SSSR count). The Kier molecular flexibility index (Phi) is 7.39. The van der Waals surface area contributed by atoms with Gasteiger partial charge in [-0.25, -0.2) is 4.39 Å². The molecule has 0 N–H and O–H groups in total. The number of halogens is 10. The number of pyridine rings is 1. The number of rotatable bonds is 5. The normalized spacial score (nSPS) is 17.3. The zero-order valence-electron chi connectivity index (χ0n) is 20.0. The predicted molar refractivity (Wildman–Crippen MR) is 119 cm³/mol. The third kappa shape index (κ3) is 5.76. The lowest BCUT2D eigenvalue weighted by Crippen LogP contribution is -2.57. The van der Waals surface area contributed by atoms with Gasteiger partial charge in [-0.1, -0.05) is 6.07 Å². The molecule has 0 aliphatic carbocycles. The smallest absolute Gasteiger partial charge is 0.491 e. The van der Waals surface area contributed by atoms with Crippen molar-refractivity contribution < 1.29 is 63.0 Å². The van der Waals surface area contributed by atoms with E-state index in [-0.39, 0.29) is 16.3 Å². The quantitative estimate of drug-likeness (QED) is 0.249. The van der Waals surface area contributed by atoms with Crippen LogP contribution in [0, 0.1) is 5.82 Å². The van der Waals surface area contributed by atoms with E-state index in [2.05, 4.69) is 9.72 Å². The second kappa shape index (κ2) is 10.2. The molecule has 1 aliphatic heterocycles. The number of fused-ring (bicyclic) bond motifs is 1. The fourth-order valence-electron chi connectivity index (χ4n) is 4.40. The van der Waals surface area contributed by atoms with Crippen LogP contribution in [0.2, 0.25) is 0 Å². The second-order valence-corrected chi connectivity index (χ2v) is 8.51. The molecule has 6 nitrogen and oxygen atoms in total. The molecule has 1 unspecified atom stereocenters. The molecular weight excluding hydrogens is 582 g/mol. The Morgan fingerprint density at radius 1 is 0.902 bits per heavy atom. The summed E-state index contributed by atoms with van der Waals surface area (Å²) in [5, 5.41) is 0. The Labute approximate surface area is 223 Å². The summed E-state index contributed by atoms with van der Waals surface area (Å²) in [4.78, 5) is 28.7. The molecule has 218 valence electrons. The molecule has 41 heavy (non-hydrogen) atoms. The Morgan fingerprint density at radius 3 is 2.12 bits per heavy atom. The van der Waals surface area contributed by atoms with Gasteiger partial charge in [0.25, 0.3) is 5.78 Å². The molecule has 0 saturated heterocycles. The molecule has 1 amide bonds. The van der Waals surface area contributed by atoms with Gasteiger partial charge < -0.3 is 9.47 Å². The number of carbonyl (C=O) groups excluding carboxylic acids is 2. The lowest BCUT2D eigenvalue weighted by atomic mass is 9.79. The molecule has 2 heterocycles. The summed E-state index contributed by atoms with van der Waals surface area (Å²) in [5.41, 5.74) is -4.96. The van der Waals surface area contributed by atoms with Crippen LogP contribution in [-0.2, 0) is 10.3 Å². The number of hydrogen-bond donors (Lipinski definition) is 0. The first-order valence-electron chi connectivity index (χ1n) is 11.2. The molecule has 1 aromatic heterocycles. The number of Topliss-reactive ketones (excluding diaryl/α,β-unsaturated/α-hetero) is 1. The van der Waals surface area contributed by atoms with Gasteiger partial charge in [-0.05, 0) is 54.1 Å². The monoisotopic (exact) mass is 596 g/mol. The van der Waals surface area contributed by atoms with Crippen LogP contribution in [0.1, 0.15) is 28.0 Å². The maximum atomic E-state index is 14.9. The first-order valence-corrected chi connectivity index (χ1v) is 11.2. The summed E-state index contributed by atoms with van der Waals surface area (Å²) in [6, 6.07) is 6.62. The van der Waals surface area contributed by atoms with Crippen molar-refractivity contribution >= 4 is 17.4 Å². The number of carbonyl (C=O) groups is 2. The van der Waals surface area contributed by atoms with Crippen molar-refractivity contribution in [2.75, 3.05) is 11.5 Å². The third-order valence-electron chi connectivity index (χ3n) is 5.99.